The number of rotatable bonds is 15. The van der Waals surface area contributed by atoms with Crippen LogP contribution in [0.15, 0.2) is 48.5 Å². The van der Waals surface area contributed by atoms with Gasteiger partial charge in [0.15, 0.2) is 13.2 Å². The summed E-state index contributed by atoms with van der Waals surface area (Å²) < 4.78 is 27.0. The maximum Gasteiger partial charge on any atom is 0.408 e. The van der Waals surface area contributed by atoms with Crippen molar-refractivity contribution in [2.45, 2.75) is 70.9 Å². The predicted molar refractivity (Wildman–Crippen MR) is 167 cm³/mol. The summed E-state index contributed by atoms with van der Waals surface area (Å²) in [4.78, 5) is 35.5. The summed E-state index contributed by atoms with van der Waals surface area (Å²) in [5, 5.41) is 3.13. The van der Waals surface area contributed by atoms with E-state index in [9.17, 15) is 14.4 Å². The second-order valence-electron chi connectivity index (χ2n) is 12.4. The van der Waals surface area contributed by atoms with Crippen LogP contribution in [0.25, 0.3) is 0 Å². The lowest BCUT2D eigenvalue weighted by Crippen LogP contribution is -2.60. The van der Waals surface area contributed by atoms with Crippen LogP contribution in [-0.4, -0.2) is 87.8 Å². The van der Waals surface area contributed by atoms with Gasteiger partial charge in [0.2, 0.25) is 0 Å². The number of hydrogen-bond donors (Lipinski definition) is 1. The summed E-state index contributed by atoms with van der Waals surface area (Å²) >= 11 is 0. The van der Waals surface area contributed by atoms with Gasteiger partial charge in [0, 0.05) is 12.8 Å². The van der Waals surface area contributed by atoms with E-state index in [1.54, 1.807) is 0 Å². The van der Waals surface area contributed by atoms with Gasteiger partial charge in [-0.1, -0.05) is 24.3 Å². The van der Waals surface area contributed by atoms with Crippen LogP contribution in [0, 0.1) is 0 Å². The van der Waals surface area contributed by atoms with Crippen molar-refractivity contribution in [1.29, 1.82) is 0 Å². The number of hydrogen-bond acceptors (Lipinski definition) is 8. The van der Waals surface area contributed by atoms with Crippen LogP contribution in [0.1, 0.15) is 57.6 Å². The Bertz CT molecular complexity index is 1160. The van der Waals surface area contributed by atoms with E-state index in [4.69, 9.17) is 14.2 Å². The fraction of sp³-hybridized carbons (Fsp3) is 0.559. The monoisotopic (exact) mass is 613 g/mol. The molecular formula is C34H49N2O8+. The smallest absolute Gasteiger partial charge is 0.408 e. The van der Waals surface area contributed by atoms with Crippen LogP contribution in [0.5, 0.6) is 11.5 Å². The number of carbonyl (C=O) groups is 3. The number of piperidine rings is 1. The highest BCUT2D eigenvalue weighted by molar-refractivity contribution is 5.71. The molecule has 1 N–H and O–H groups in total. The zero-order chi connectivity index (χ0) is 32.0. The first-order chi connectivity index (χ1) is 21.0. The van der Waals surface area contributed by atoms with Crippen LogP contribution < -0.4 is 14.8 Å². The van der Waals surface area contributed by atoms with Gasteiger partial charge in [0.1, 0.15) is 17.1 Å². The molecule has 1 aliphatic rings. The SMILES string of the molecule is COC(=O)COc1cccc(CCC[N+]2(CCCc3cccc(OCC(=O)OC)c3)CCCC(NC(=O)OC(C)(C)C)C2)c1. The van der Waals surface area contributed by atoms with Gasteiger partial charge in [0.05, 0.1) is 46.4 Å². The van der Waals surface area contributed by atoms with Crippen LogP contribution in [0.3, 0.4) is 0 Å². The maximum atomic E-state index is 12.6. The lowest BCUT2D eigenvalue weighted by molar-refractivity contribution is -0.933. The molecule has 0 saturated carbocycles. The van der Waals surface area contributed by atoms with Crippen LogP contribution >= 0.6 is 0 Å². The van der Waals surface area contributed by atoms with E-state index in [0.29, 0.717) is 11.5 Å². The van der Waals surface area contributed by atoms with E-state index >= 15 is 0 Å². The van der Waals surface area contributed by atoms with Crippen molar-refractivity contribution in [3.63, 3.8) is 0 Å². The fourth-order valence-electron chi connectivity index (χ4n) is 5.65. The average Bonchev–Trinajstić information content (AvgIpc) is 2.98. The number of aryl methyl sites for hydroxylation is 2. The Kier molecular flexibility index (Phi) is 13.3. The second-order valence-corrected chi connectivity index (χ2v) is 12.4. The molecule has 2 aromatic rings. The number of benzene rings is 2. The molecule has 0 aliphatic carbocycles. The molecule has 10 nitrogen and oxygen atoms in total. The van der Waals surface area contributed by atoms with E-state index in [0.717, 1.165) is 80.3 Å². The van der Waals surface area contributed by atoms with Crippen molar-refractivity contribution in [2.24, 2.45) is 0 Å². The number of nitrogens with zero attached hydrogens (tertiary/aromatic N) is 1. The van der Waals surface area contributed by atoms with E-state index in [1.165, 1.54) is 14.2 Å². The average molecular weight is 614 g/mol. The molecule has 0 aromatic heterocycles. The molecule has 2 aromatic carbocycles. The predicted octanol–water partition coefficient (Wildman–Crippen LogP) is 4.86. The third-order valence-corrected chi connectivity index (χ3v) is 7.68. The highest BCUT2D eigenvalue weighted by atomic mass is 16.6. The highest BCUT2D eigenvalue weighted by Crippen LogP contribution is 2.24. The first-order valence-electron chi connectivity index (χ1n) is 15.4. The number of carbonyl (C=O) groups excluding carboxylic acids is 3. The van der Waals surface area contributed by atoms with Crippen LogP contribution in [0.2, 0.25) is 0 Å². The molecule has 1 fully saturated rings. The minimum atomic E-state index is -0.547. The number of likely N-dealkylation sites (tertiary alicyclic amines) is 1. The van der Waals surface area contributed by atoms with Crippen molar-refractivity contribution >= 4 is 18.0 Å². The summed E-state index contributed by atoms with van der Waals surface area (Å²) in [6.45, 7) is 9.24. The lowest BCUT2D eigenvalue weighted by Gasteiger charge is -2.45. The van der Waals surface area contributed by atoms with Crippen molar-refractivity contribution < 1.29 is 42.6 Å². The van der Waals surface area contributed by atoms with Gasteiger partial charge >= 0.3 is 18.0 Å². The van der Waals surface area contributed by atoms with Crippen LogP contribution in [0.4, 0.5) is 4.79 Å². The Balaban J connectivity index is 1.64. The Morgan fingerprint density at radius 3 is 1.84 bits per heavy atom. The zero-order valence-corrected chi connectivity index (χ0v) is 26.9. The third-order valence-electron chi connectivity index (χ3n) is 7.68. The molecule has 1 atom stereocenters. The number of alkyl carbamates (subject to hydrolysis) is 1. The number of ether oxygens (including phenoxy) is 5. The summed E-state index contributed by atoms with van der Waals surface area (Å²) in [6.07, 6.45) is 5.27. The molecule has 3 rings (SSSR count). The Labute approximate surface area is 261 Å². The van der Waals surface area contributed by atoms with Crippen molar-refractivity contribution in [3.05, 3.63) is 59.7 Å². The first kappa shape index (κ1) is 34.7. The van der Waals surface area contributed by atoms with Crippen molar-refractivity contribution in [3.8, 4) is 11.5 Å². The van der Waals surface area contributed by atoms with Crippen molar-refractivity contribution in [2.75, 3.05) is 53.6 Å². The molecule has 1 heterocycles. The summed E-state index contributed by atoms with van der Waals surface area (Å²) in [5.74, 6) is 0.465. The molecule has 242 valence electrons. The van der Waals surface area contributed by atoms with Gasteiger partial charge < -0.3 is 33.5 Å². The molecule has 0 bridgehead atoms. The number of amides is 1. The van der Waals surface area contributed by atoms with E-state index in [1.807, 2.05) is 57.2 Å². The maximum absolute atomic E-state index is 12.6. The third kappa shape index (κ3) is 12.4. The minimum Gasteiger partial charge on any atom is -0.482 e. The quantitative estimate of drug-likeness (QED) is 0.172. The molecule has 1 amide bonds. The largest absolute Gasteiger partial charge is 0.482 e. The normalized spacial score (nSPS) is 16.0. The molecule has 0 radical (unpaired) electrons. The van der Waals surface area contributed by atoms with Gasteiger partial charge in [-0.15, -0.1) is 0 Å². The standard InChI is InChI=1S/C34H48N2O8/c1-34(2,3)44-33(39)35-28-15-10-20-36(23-28,18-8-13-26-11-6-16-29(21-26)42-24-31(37)40-4)19-9-14-27-12-7-17-30(22-27)43-25-32(38)41-5/h6-7,11-12,16-17,21-22,28H,8-10,13-15,18-20,23-25H2,1-5H3/p+1. The molecule has 10 heteroatoms. The van der Waals surface area contributed by atoms with Gasteiger partial charge in [0.25, 0.3) is 0 Å². The van der Waals surface area contributed by atoms with Gasteiger partial charge in [-0.25, -0.2) is 14.4 Å². The topological polar surface area (TPSA) is 109 Å². The molecule has 0 spiro atoms. The van der Waals surface area contributed by atoms with Crippen LogP contribution in [-0.2, 0) is 36.6 Å². The Hall–Kier alpha value is -3.79. The molecule has 1 aliphatic heterocycles. The first-order valence-corrected chi connectivity index (χ1v) is 15.4. The fourth-order valence-corrected chi connectivity index (χ4v) is 5.65. The second kappa shape index (κ2) is 16.9. The van der Waals surface area contributed by atoms with Crippen molar-refractivity contribution in [1.82, 2.24) is 5.32 Å². The summed E-state index contributed by atoms with van der Waals surface area (Å²) in [7, 11) is 2.68. The van der Waals surface area contributed by atoms with Gasteiger partial charge in [-0.3, -0.25) is 0 Å². The molecule has 1 saturated heterocycles. The van der Waals surface area contributed by atoms with Gasteiger partial charge in [-0.2, -0.15) is 0 Å². The molecule has 1 unspecified atom stereocenters. The Morgan fingerprint density at radius 1 is 0.841 bits per heavy atom. The van der Waals surface area contributed by atoms with Gasteiger partial charge in [-0.05, 0) is 81.8 Å². The Morgan fingerprint density at radius 2 is 1.36 bits per heavy atom. The molecular weight excluding hydrogens is 564 g/mol. The lowest BCUT2D eigenvalue weighted by atomic mass is 9.99. The zero-order valence-electron chi connectivity index (χ0n) is 26.9. The summed E-state index contributed by atoms with van der Waals surface area (Å²) in [6, 6.07) is 15.7. The minimum absolute atomic E-state index is 0.0451. The summed E-state index contributed by atoms with van der Waals surface area (Å²) in [5.41, 5.74) is 1.75. The number of nitrogens with one attached hydrogen (secondary N) is 1. The van der Waals surface area contributed by atoms with E-state index < -0.39 is 17.5 Å². The van der Waals surface area contributed by atoms with E-state index in [-0.39, 0.29) is 25.3 Å². The number of esters is 2. The highest BCUT2D eigenvalue weighted by Gasteiger charge is 2.35. The van der Waals surface area contributed by atoms with E-state index in [2.05, 4.69) is 26.9 Å². The number of quaternary nitrogens is 1. The molecule has 44 heavy (non-hydrogen) atoms. The number of methoxy groups -OCH3 is 2.